The maximum atomic E-state index is 11.2. The summed E-state index contributed by atoms with van der Waals surface area (Å²) in [5.74, 6) is 0.976. The van der Waals surface area contributed by atoms with E-state index in [2.05, 4.69) is 22.6 Å². The number of aryl methyl sites for hydroxylation is 1. The number of aliphatic hydroxyl groups excluding tert-OH is 1. The van der Waals surface area contributed by atoms with Crippen LogP contribution in [0.5, 0.6) is 0 Å². The summed E-state index contributed by atoms with van der Waals surface area (Å²) in [7, 11) is 0. The molecule has 0 aliphatic carbocycles. The van der Waals surface area contributed by atoms with E-state index in [1.165, 1.54) is 0 Å². The van der Waals surface area contributed by atoms with Gasteiger partial charge in [0.25, 0.3) is 0 Å². The molecule has 0 saturated heterocycles. The second-order valence-corrected chi connectivity index (χ2v) is 5.09. The number of carbonyl (C=O) groups excluding carboxylic acids is 1. The van der Waals surface area contributed by atoms with Crippen molar-refractivity contribution in [2.45, 2.75) is 38.1 Å². The molecule has 0 aliphatic heterocycles. The average Bonchev–Trinajstić information content (AvgIpc) is 2.37. The minimum atomic E-state index is -0.117. The summed E-state index contributed by atoms with van der Waals surface area (Å²) in [6.07, 6.45) is 2.90. The summed E-state index contributed by atoms with van der Waals surface area (Å²) in [5.41, 5.74) is 6.51. The summed E-state index contributed by atoms with van der Waals surface area (Å²) in [5, 5.41) is 8.81. The summed E-state index contributed by atoms with van der Waals surface area (Å²) in [4.78, 5) is 20.9. The average molecular weight is 284 g/mol. The number of thiol groups is 1. The third-order valence-electron chi connectivity index (χ3n) is 3.01. The van der Waals surface area contributed by atoms with E-state index in [-0.39, 0.29) is 17.9 Å². The number of nitrogens with two attached hydrogens (primary N) is 1. The molecule has 19 heavy (non-hydrogen) atoms. The SMILES string of the molecule is Cc1ncc(CN(C=O)C(C)C(S)CCO)c(N)n1. The molecule has 0 aliphatic rings. The van der Waals surface area contributed by atoms with Crippen LogP contribution >= 0.6 is 12.6 Å². The molecule has 0 radical (unpaired) electrons. The Labute approximate surface area is 118 Å². The Balaban J connectivity index is 2.78. The molecule has 0 saturated carbocycles. The number of hydrogen-bond acceptors (Lipinski definition) is 6. The Hall–Kier alpha value is -1.34. The van der Waals surface area contributed by atoms with Gasteiger partial charge in [0.05, 0.1) is 6.54 Å². The van der Waals surface area contributed by atoms with Crippen LogP contribution in [-0.2, 0) is 11.3 Å². The molecule has 0 aromatic carbocycles. The lowest BCUT2D eigenvalue weighted by atomic mass is 10.1. The van der Waals surface area contributed by atoms with Crippen LogP contribution in [0.3, 0.4) is 0 Å². The van der Waals surface area contributed by atoms with Crippen LogP contribution in [0, 0.1) is 6.92 Å². The molecule has 0 spiro atoms. The van der Waals surface area contributed by atoms with Crippen LogP contribution in [0.25, 0.3) is 0 Å². The zero-order chi connectivity index (χ0) is 14.4. The van der Waals surface area contributed by atoms with Crippen molar-refractivity contribution >= 4 is 24.9 Å². The molecule has 1 heterocycles. The molecule has 106 valence electrons. The Kier molecular flexibility index (Phi) is 6.04. The first-order valence-electron chi connectivity index (χ1n) is 6.07. The fourth-order valence-electron chi connectivity index (χ4n) is 1.70. The van der Waals surface area contributed by atoms with Crippen LogP contribution in [0.15, 0.2) is 6.20 Å². The van der Waals surface area contributed by atoms with Crippen LogP contribution in [0.4, 0.5) is 5.82 Å². The van der Waals surface area contributed by atoms with Crippen molar-refractivity contribution < 1.29 is 9.90 Å². The van der Waals surface area contributed by atoms with Gasteiger partial charge >= 0.3 is 0 Å². The molecule has 1 aromatic rings. The third-order valence-corrected chi connectivity index (χ3v) is 3.70. The van der Waals surface area contributed by atoms with E-state index in [9.17, 15) is 4.79 Å². The third kappa shape index (κ3) is 4.36. The van der Waals surface area contributed by atoms with Crippen molar-refractivity contribution in [2.75, 3.05) is 12.3 Å². The number of rotatable bonds is 7. The van der Waals surface area contributed by atoms with Crippen LogP contribution < -0.4 is 5.73 Å². The molecule has 2 atom stereocenters. The number of amides is 1. The van der Waals surface area contributed by atoms with Gasteiger partial charge in [-0.05, 0) is 20.3 Å². The molecular weight excluding hydrogens is 264 g/mol. The first-order valence-corrected chi connectivity index (χ1v) is 6.59. The highest BCUT2D eigenvalue weighted by atomic mass is 32.1. The predicted octanol–water partition coefficient (Wildman–Crippen LogP) is 0.395. The minimum absolute atomic E-state index is 0.0426. The molecule has 1 amide bonds. The first kappa shape index (κ1) is 15.7. The van der Waals surface area contributed by atoms with Gasteiger partial charge in [-0.1, -0.05) is 0 Å². The minimum Gasteiger partial charge on any atom is -0.396 e. The fraction of sp³-hybridized carbons (Fsp3) is 0.583. The maximum Gasteiger partial charge on any atom is 0.210 e. The largest absolute Gasteiger partial charge is 0.396 e. The number of anilines is 1. The normalized spacial score (nSPS) is 13.9. The van der Waals surface area contributed by atoms with Gasteiger partial charge in [0, 0.05) is 29.7 Å². The van der Waals surface area contributed by atoms with Crippen molar-refractivity contribution in [3.63, 3.8) is 0 Å². The van der Waals surface area contributed by atoms with Gasteiger partial charge in [0.1, 0.15) is 11.6 Å². The Morgan fingerprint density at radius 3 is 2.84 bits per heavy atom. The van der Waals surface area contributed by atoms with Gasteiger partial charge in [-0.15, -0.1) is 0 Å². The predicted molar refractivity (Wildman–Crippen MR) is 76.7 cm³/mol. The summed E-state index contributed by atoms with van der Waals surface area (Å²) in [6.45, 7) is 4.01. The highest BCUT2D eigenvalue weighted by Crippen LogP contribution is 2.17. The second-order valence-electron chi connectivity index (χ2n) is 4.43. The van der Waals surface area contributed by atoms with Crippen molar-refractivity contribution in [1.82, 2.24) is 14.9 Å². The number of nitrogen functional groups attached to an aromatic ring is 1. The maximum absolute atomic E-state index is 11.2. The number of hydrogen-bond donors (Lipinski definition) is 3. The van der Waals surface area contributed by atoms with Gasteiger partial charge in [0.15, 0.2) is 0 Å². The Bertz CT molecular complexity index is 430. The van der Waals surface area contributed by atoms with Gasteiger partial charge in [0.2, 0.25) is 6.41 Å². The highest BCUT2D eigenvalue weighted by molar-refractivity contribution is 7.81. The quantitative estimate of drug-likeness (QED) is 0.498. The Morgan fingerprint density at radius 1 is 1.63 bits per heavy atom. The zero-order valence-corrected chi connectivity index (χ0v) is 12.0. The van der Waals surface area contributed by atoms with Crippen molar-refractivity contribution in [3.05, 3.63) is 17.6 Å². The molecule has 3 N–H and O–H groups in total. The number of aromatic nitrogens is 2. The first-order chi connectivity index (χ1) is 8.99. The van der Waals surface area contributed by atoms with Crippen molar-refractivity contribution in [1.29, 1.82) is 0 Å². The van der Waals surface area contributed by atoms with E-state index in [0.717, 1.165) is 6.41 Å². The lowest BCUT2D eigenvalue weighted by molar-refractivity contribution is -0.120. The lowest BCUT2D eigenvalue weighted by Gasteiger charge is -2.29. The number of nitrogens with zero attached hydrogens (tertiary/aromatic N) is 3. The molecule has 1 aromatic heterocycles. The summed E-state index contributed by atoms with van der Waals surface area (Å²) >= 11 is 4.38. The molecule has 7 heteroatoms. The molecule has 1 rings (SSSR count). The summed E-state index contributed by atoms with van der Waals surface area (Å²) in [6, 6.07) is -0.117. The zero-order valence-electron chi connectivity index (χ0n) is 11.2. The highest BCUT2D eigenvalue weighted by Gasteiger charge is 2.20. The van der Waals surface area contributed by atoms with E-state index in [1.807, 2.05) is 6.92 Å². The molecule has 0 fully saturated rings. The lowest BCUT2D eigenvalue weighted by Crippen LogP contribution is -2.38. The number of aliphatic hydroxyl groups is 1. The molecule has 0 bridgehead atoms. The molecular formula is C12H20N4O2S. The number of carbonyl (C=O) groups is 1. The van der Waals surface area contributed by atoms with E-state index in [0.29, 0.717) is 30.2 Å². The standard InChI is InChI=1S/C12H20N4O2S/c1-8(11(19)3-4-17)16(7-18)6-10-5-14-9(2)15-12(10)13/h5,7-8,11,17,19H,3-4,6H2,1-2H3,(H2,13,14,15). The van der Waals surface area contributed by atoms with Gasteiger partial charge < -0.3 is 15.7 Å². The van der Waals surface area contributed by atoms with E-state index in [1.54, 1.807) is 18.0 Å². The van der Waals surface area contributed by atoms with Gasteiger partial charge in [-0.25, -0.2) is 9.97 Å². The van der Waals surface area contributed by atoms with E-state index in [4.69, 9.17) is 10.8 Å². The smallest absolute Gasteiger partial charge is 0.210 e. The topological polar surface area (TPSA) is 92.3 Å². The van der Waals surface area contributed by atoms with Crippen LogP contribution in [0.2, 0.25) is 0 Å². The Morgan fingerprint density at radius 2 is 2.32 bits per heavy atom. The van der Waals surface area contributed by atoms with Gasteiger partial charge in [-0.2, -0.15) is 12.6 Å². The molecule has 2 unspecified atom stereocenters. The van der Waals surface area contributed by atoms with E-state index >= 15 is 0 Å². The van der Waals surface area contributed by atoms with Crippen molar-refractivity contribution in [3.8, 4) is 0 Å². The summed E-state index contributed by atoms with van der Waals surface area (Å²) < 4.78 is 0. The molecule has 6 nitrogen and oxygen atoms in total. The van der Waals surface area contributed by atoms with Gasteiger partial charge in [-0.3, -0.25) is 4.79 Å². The monoisotopic (exact) mass is 284 g/mol. The van der Waals surface area contributed by atoms with Crippen molar-refractivity contribution in [2.24, 2.45) is 0 Å². The fourth-order valence-corrected chi connectivity index (χ4v) is 1.99. The van der Waals surface area contributed by atoms with E-state index < -0.39 is 0 Å². The van der Waals surface area contributed by atoms with Crippen LogP contribution in [0.1, 0.15) is 24.7 Å². The second kappa shape index (κ2) is 7.30. The van der Waals surface area contributed by atoms with Crippen LogP contribution in [-0.4, -0.2) is 44.3 Å².